The molecule has 3 amide bonds. The molecule has 95 heavy (non-hydrogen) atoms. The van der Waals surface area contributed by atoms with Gasteiger partial charge >= 0.3 is 19.8 Å². The number of hydrogen-bond donors (Lipinski definition) is 18. The van der Waals surface area contributed by atoms with Crippen molar-refractivity contribution in [2.24, 2.45) is 0 Å². The highest BCUT2D eigenvalue weighted by Crippen LogP contribution is 2.48. The van der Waals surface area contributed by atoms with Crippen LogP contribution in [0, 0.1) is 0 Å². The molecule has 0 aromatic heterocycles. The second-order valence-electron chi connectivity index (χ2n) is 25.1. The third kappa shape index (κ3) is 28.2. The molecule has 18 N–H and O–H groups in total. The van der Waals surface area contributed by atoms with E-state index in [0.717, 1.165) is 84.8 Å². The number of carboxylic acids is 2. The number of phosphoric acid groups is 1. The van der Waals surface area contributed by atoms with Gasteiger partial charge in [-0.15, -0.1) is 0 Å². The molecule has 3 aliphatic rings. The molecule has 3 fully saturated rings. The van der Waals surface area contributed by atoms with Gasteiger partial charge in [-0.3, -0.25) is 23.4 Å². The predicted molar refractivity (Wildman–Crippen MR) is 335 cm³/mol. The van der Waals surface area contributed by atoms with Gasteiger partial charge in [0.1, 0.15) is 86.5 Å². The number of carboxylic acid groups (broad SMARTS) is 2. The number of phosphoric ester groups is 1. The van der Waals surface area contributed by atoms with Crippen LogP contribution in [0.3, 0.4) is 0 Å². The van der Waals surface area contributed by atoms with E-state index in [9.17, 15) is 105 Å². The molecule has 21 atom stereocenters. The SMILES string of the molecule is CCCCCCCCCCC/C=C/[C@@H](O)[C@H](COP(=O)(O)O[C@@H]1[C@H](O)[C@H](O[C@]2(C(=O)O)C[C@H](O)[C@@H](NC(=O)CO[C@]3(C(=O)O)C[C@H](O)[C@@H](NC(=O)CO)[C@H]([C@H](O)[C@H](O)COC)O3)[C@H]([C@H](O)[C@H](O)COC)O2)[C@@H](O)[C@H](O)[C@H]1O)NC(=O)CCCCCCCCCCCCCCC. The first-order valence-corrected chi connectivity index (χ1v) is 35.0. The largest absolute Gasteiger partial charge is 0.477 e. The maximum Gasteiger partial charge on any atom is 0.472 e. The molecular formula is C62H112N3O29P. The summed E-state index contributed by atoms with van der Waals surface area (Å²) >= 11 is 0. The van der Waals surface area contributed by atoms with Gasteiger partial charge in [-0.1, -0.05) is 154 Å². The van der Waals surface area contributed by atoms with E-state index in [0.29, 0.717) is 12.8 Å². The van der Waals surface area contributed by atoms with Gasteiger partial charge in [0.25, 0.3) is 11.6 Å². The second kappa shape index (κ2) is 44.6. The predicted octanol–water partition coefficient (Wildman–Crippen LogP) is -0.289. The molecule has 554 valence electrons. The first-order valence-electron chi connectivity index (χ1n) is 33.5. The second-order valence-corrected chi connectivity index (χ2v) is 26.5. The fourth-order valence-corrected chi connectivity index (χ4v) is 12.8. The van der Waals surface area contributed by atoms with Gasteiger partial charge in [0.2, 0.25) is 17.7 Å². The summed E-state index contributed by atoms with van der Waals surface area (Å²) in [6.45, 7) is -0.460. The number of aliphatic carboxylic acids is 2. The van der Waals surface area contributed by atoms with Crippen molar-refractivity contribution in [3.8, 4) is 0 Å². The average Bonchev–Trinajstić information content (AvgIpc) is 0.760. The molecular weight excluding hydrogens is 1280 g/mol. The fraction of sp³-hybridized carbons (Fsp3) is 0.887. The highest BCUT2D eigenvalue weighted by Gasteiger charge is 2.62. The molecule has 0 aromatic carbocycles. The van der Waals surface area contributed by atoms with E-state index >= 15 is 0 Å². The van der Waals surface area contributed by atoms with Gasteiger partial charge in [-0.25, -0.2) is 14.2 Å². The van der Waals surface area contributed by atoms with Gasteiger partial charge in [0.15, 0.2) is 0 Å². The Morgan fingerprint density at radius 2 is 1.00 bits per heavy atom. The van der Waals surface area contributed by atoms with E-state index in [4.69, 9.17) is 37.5 Å². The summed E-state index contributed by atoms with van der Waals surface area (Å²) in [5.74, 6) is -13.8. The Kier molecular flexibility index (Phi) is 40.2. The summed E-state index contributed by atoms with van der Waals surface area (Å²) in [4.78, 5) is 76.6. The van der Waals surface area contributed by atoms with Crippen molar-refractivity contribution in [3.05, 3.63) is 12.2 Å². The van der Waals surface area contributed by atoms with E-state index in [1.165, 1.54) is 70.3 Å². The van der Waals surface area contributed by atoms with Crippen LogP contribution in [0.4, 0.5) is 0 Å². The minimum Gasteiger partial charge on any atom is -0.477 e. The van der Waals surface area contributed by atoms with Crippen LogP contribution in [0.5, 0.6) is 0 Å². The van der Waals surface area contributed by atoms with Crippen LogP contribution in [-0.2, 0) is 66.0 Å². The molecule has 1 saturated carbocycles. The molecule has 0 aromatic rings. The first kappa shape index (κ1) is 85.7. The van der Waals surface area contributed by atoms with E-state index in [-0.39, 0.29) is 6.42 Å². The van der Waals surface area contributed by atoms with Crippen LogP contribution in [0.2, 0.25) is 0 Å². The number of aliphatic hydroxyl groups excluding tert-OH is 12. The smallest absolute Gasteiger partial charge is 0.472 e. The number of hydrogen-bond acceptors (Lipinski definition) is 26. The Balaban J connectivity index is 1.83. The normalized spacial score (nSPS) is 29.8. The van der Waals surface area contributed by atoms with Crippen molar-refractivity contribution in [2.45, 2.75) is 302 Å². The Morgan fingerprint density at radius 1 is 0.568 bits per heavy atom. The van der Waals surface area contributed by atoms with Crippen molar-refractivity contribution in [2.75, 3.05) is 47.3 Å². The molecule has 0 bridgehead atoms. The number of carbonyl (C=O) groups is 5. The maximum absolute atomic E-state index is 13.8. The molecule has 3 rings (SSSR count). The molecule has 2 heterocycles. The fourth-order valence-electron chi connectivity index (χ4n) is 11.8. The van der Waals surface area contributed by atoms with Crippen LogP contribution >= 0.6 is 7.82 Å². The molecule has 0 spiro atoms. The summed E-state index contributed by atoms with van der Waals surface area (Å²) in [6.07, 6.45) is -8.91. The van der Waals surface area contributed by atoms with Crippen LogP contribution in [0.15, 0.2) is 12.2 Å². The van der Waals surface area contributed by atoms with Crippen LogP contribution in [0.25, 0.3) is 0 Å². The lowest BCUT2D eigenvalue weighted by atomic mass is 9.84. The monoisotopic (exact) mass is 1390 g/mol. The van der Waals surface area contributed by atoms with Crippen LogP contribution in [0.1, 0.15) is 181 Å². The third-order valence-electron chi connectivity index (χ3n) is 17.3. The Bertz CT molecular complexity index is 2300. The molecule has 1 aliphatic carbocycles. The lowest BCUT2D eigenvalue weighted by Crippen LogP contribution is -2.71. The molecule has 0 radical (unpaired) electrons. The molecule has 2 saturated heterocycles. The van der Waals surface area contributed by atoms with Crippen molar-refractivity contribution < 1.29 is 142 Å². The Hall–Kier alpha value is -3.52. The molecule has 1 unspecified atom stereocenters. The van der Waals surface area contributed by atoms with Gasteiger partial charge in [0, 0.05) is 33.5 Å². The number of methoxy groups -OCH3 is 2. The average molecular weight is 1390 g/mol. The van der Waals surface area contributed by atoms with E-state index < -0.39 is 205 Å². The quantitative estimate of drug-likeness (QED) is 0.0211. The number of carbonyl (C=O) groups excluding carboxylic acids is 3. The van der Waals surface area contributed by atoms with Crippen molar-refractivity contribution >= 4 is 37.5 Å². The van der Waals surface area contributed by atoms with E-state index in [1.807, 2.05) is 0 Å². The minimum atomic E-state index is -5.62. The summed E-state index contributed by atoms with van der Waals surface area (Å²) in [5, 5.41) is 161. The van der Waals surface area contributed by atoms with E-state index in [1.54, 1.807) is 6.08 Å². The number of unbranched alkanes of at least 4 members (excludes halogenated alkanes) is 21. The summed E-state index contributed by atoms with van der Waals surface area (Å²) in [7, 11) is -3.43. The number of ether oxygens (including phenoxy) is 6. The molecule has 2 aliphatic heterocycles. The lowest BCUT2D eigenvalue weighted by Gasteiger charge is -2.50. The summed E-state index contributed by atoms with van der Waals surface area (Å²) in [6, 6.07) is -5.17. The van der Waals surface area contributed by atoms with Crippen LogP contribution in [-0.4, -0.2) is 275 Å². The summed E-state index contributed by atoms with van der Waals surface area (Å²) in [5.41, 5.74) is 0. The molecule has 32 nitrogen and oxygen atoms in total. The van der Waals surface area contributed by atoms with Crippen LogP contribution < -0.4 is 16.0 Å². The lowest BCUT2D eigenvalue weighted by molar-refractivity contribution is -0.350. The highest BCUT2D eigenvalue weighted by atomic mass is 31.2. The minimum absolute atomic E-state index is 0.0444. The zero-order chi connectivity index (χ0) is 70.9. The van der Waals surface area contributed by atoms with E-state index in [2.05, 4.69) is 29.8 Å². The zero-order valence-electron chi connectivity index (χ0n) is 55.3. The highest BCUT2D eigenvalue weighted by molar-refractivity contribution is 7.47. The number of allylic oxidation sites excluding steroid dienone is 1. The van der Waals surface area contributed by atoms with Gasteiger partial charge < -0.3 is 121 Å². The number of rotatable bonds is 50. The maximum atomic E-state index is 13.8. The van der Waals surface area contributed by atoms with Gasteiger partial charge in [0.05, 0.1) is 56.3 Å². The van der Waals surface area contributed by atoms with Crippen molar-refractivity contribution in [1.82, 2.24) is 16.0 Å². The number of aliphatic hydroxyl groups is 12. The zero-order valence-corrected chi connectivity index (χ0v) is 56.2. The van der Waals surface area contributed by atoms with Crippen molar-refractivity contribution in [3.63, 3.8) is 0 Å². The Morgan fingerprint density at radius 3 is 1.46 bits per heavy atom. The molecule has 33 heteroatoms. The summed E-state index contributed by atoms with van der Waals surface area (Å²) < 4.78 is 56.3. The topological polar surface area (TPSA) is 516 Å². The third-order valence-corrected chi connectivity index (χ3v) is 18.3. The first-order chi connectivity index (χ1) is 45.1. The van der Waals surface area contributed by atoms with Crippen molar-refractivity contribution in [1.29, 1.82) is 0 Å². The number of nitrogens with one attached hydrogen (secondary N) is 3. The number of amides is 3. The van der Waals surface area contributed by atoms with Gasteiger partial charge in [-0.2, -0.15) is 0 Å². The Labute approximate surface area is 555 Å². The standard InChI is InChI=1S/C62H112N3O29P/c1-5-7-9-11-13-15-17-18-20-22-24-26-28-30-44(72)63-38(39(67)29-27-25-23-21-19-16-14-12-10-8-6-2)34-90-95(85,86)94-58-53(79)51(77)52(78)57(54(58)80)93-62(60(83)84)32-41(69)48(56(92-62)50(76)43(71)36-88-4)65-46(74)37-89-61(59(81)82)31-40(68)47(64-45(73)33-66)55(91-61)49(75)42(70)35-87-3/h27,29,38-43,47-58,66-71,75-80H,5-26,28,30-37H2,1-4H3,(H,63,72)(H,64,73)(H,65,74)(H,81,82)(H,83,84)(H,85,86)/b29-27+/t38-,39+,40-,41-,42+,43+,47+,48+,49+,50+,51-,52-,53+,54+,55+,56+,57+,58-,61+,62-/m0/s1. The van der Waals surface area contributed by atoms with Gasteiger partial charge in [-0.05, 0) is 19.3 Å².